The van der Waals surface area contributed by atoms with Crippen molar-refractivity contribution in [1.82, 2.24) is 0 Å². The predicted octanol–water partition coefficient (Wildman–Crippen LogP) is 4.25. The van der Waals surface area contributed by atoms with Gasteiger partial charge in [0.05, 0.1) is 12.5 Å². The molecule has 0 bridgehead atoms. The van der Waals surface area contributed by atoms with E-state index < -0.39 is 5.97 Å². The van der Waals surface area contributed by atoms with E-state index in [1.807, 2.05) is 47.8 Å². The number of carbonyl (C=O) groups excluding carboxylic acids is 1. The van der Waals surface area contributed by atoms with Crippen molar-refractivity contribution in [3.8, 4) is 22.9 Å². The van der Waals surface area contributed by atoms with Crippen molar-refractivity contribution in [2.24, 2.45) is 5.73 Å². The van der Waals surface area contributed by atoms with Crippen molar-refractivity contribution in [2.75, 3.05) is 6.61 Å². The average molecular weight is 376 g/mol. The molecule has 1 atom stereocenters. The number of nitrogens with zero attached hydrogens (tertiary/aromatic N) is 1. The number of thiophene rings is 1. The van der Waals surface area contributed by atoms with Crippen molar-refractivity contribution < 1.29 is 14.3 Å². The zero-order chi connectivity index (χ0) is 19.0. The molecule has 1 aliphatic heterocycles. The zero-order valence-corrected chi connectivity index (χ0v) is 15.4. The van der Waals surface area contributed by atoms with Gasteiger partial charge in [0.1, 0.15) is 23.0 Å². The lowest BCUT2D eigenvalue weighted by molar-refractivity contribution is 0.0524. The van der Waals surface area contributed by atoms with Gasteiger partial charge in [0.25, 0.3) is 0 Å². The first-order valence-electron chi connectivity index (χ1n) is 8.50. The molecule has 2 N–H and O–H groups in total. The van der Waals surface area contributed by atoms with Crippen LogP contribution in [0.2, 0.25) is 0 Å². The van der Waals surface area contributed by atoms with E-state index in [1.165, 1.54) is 11.3 Å². The predicted molar refractivity (Wildman–Crippen MR) is 103 cm³/mol. The highest BCUT2D eigenvalue weighted by Crippen LogP contribution is 2.53. The van der Waals surface area contributed by atoms with E-state index in [0.29, 0.717) is 16.9 Å². The number of ether oxygens (including phenoxy) is 2. The van der Waals surface area contributed by atoms with E-state index in [-0.39, 0.29) is 18.4 Å². The summed E-state index contributed by atoms with van der Waals surface area (Å²) in [6.07, 6.45) is 0. The molecule has 5 nitrogen and oxygen atoms in total. The first-order chi connectivity index (χ1) is 13.2. The van der Waals surface area contributed by atoms with E-state index in [0.717, 1.165) is 21.6 Å². The van der Waals surface area contributed by atoms with Gasteiger partial charge < -0.3 is 15.2 Å². The number of nitrogens with two attached hydrogens (primary N) is 1. The number of esters is 1. The molecule has 0 amide bonds. The SMILES string of the molecule is CCOC(=O)c1c2cccccc-2c2c1OC(N)=C(C#N)C2c1cccs1. The van der Waals surface area contributed by atoms with Gasteiger partial charge in [-0.3, -0.25) is 0 Å². The van der Waals surface area contributed by atoms with Crippen molar-refractivity contribution in [1.29, 1.82) is 5.26 Å². The van der Waals surface area contributed by atoms with Crippen LogP contribution >= 0.6 is 11.3 Å². The summed E-state index contributed by atoms with van der Waals surface area (Å²) in [5.74, 6) is -0.446. The fourth-order valence-corrected chi connectivity index (χ4v) is 4.33. The van der Waals surface area contributed by atoms with E-state index in [2.05, 4.69) is 6.07 Å². The zero-order valence-electron chi connectivity index (χ0n) is 14.6. The Morgan fingerprint density at radius 3 is 2.70 bits per heavy atom. The Kier molecular flexibility index (Phi) is 4.30. The smallest absolute Gasteiger partial charge is 0.342 e. The number of rotatable bonds is 3. The fraction of sp³-hybridized carbons (Fsp3) is 0.143. The second kappa shape index (κ2) is 6.78. The Labute approximate surface area is 160 Å². The third-order valence-electron chi connectivity index (χ3n) is 4.55. The molecule has 0 saturated carbocycles. The number of fused-ring (bicyclic) bond motifs is 3. The molecule has 1 aromatic heterocycles. The number of allylic oxidation sites excluding steroid dienone is 1. The van der Waals surface area contributed by atoms with Gasteiger partial charge in [-0.05, 0) is 23.9 Å². The Morgan fingerprint density at radius 1 is 1.26 bits per heavy atom. The standard InChI is InChI=1S/C21H16N2O3S/c1-2-25-21(24)18-13-8-5-3-4-7-12(13)17-16(15-9-6-10-27-15)14(11-22)20(23)26-19(17)18/h3-10,16H,2,23H2,1H3. The van der Waals surface area contributed by atoms with Crippen molar-refractivity contribution in [3.05, 3.63) is 75.3 Å². The van der Waals surface area contributed by atoms with Crippen LogP contribution < -0.4 is 10.5 Å². The van der Waals surface area contributed by atoms with Crippen molar-refractivity contribution >= 4 is 17.3 Å². The molecule has 27 heavy (non-hydrogen) atoms. The van der Waals surface area contributed by atoms with E-state index in [9.17, 15) is 10.1 Å². The van der Waals surface area contributed by atoms with Crippen LogP contribution in [0.1, 0.15) is 33.6 Å². The molecule has 2 aliphatic carbocycles. The summed E-state index contributed by atoms with van der Waals surface area (Å²) in [5, 5.41) is 11.7. The number of hydrogen-bond acceptors (Lipinski definition) is 6. The quantitative estimate of drug-likeness (QED) is 0.691. The van der Waals surface area contributed by atoms with Crippen molar-refractivity contribution in [3.63, 3.8) is 0 Å². The second-order valence-electron chi connectivity index (χ2n) is 6.02. The Balaban J connectivity index is 2.07. The van der Waals surface area contributed by atoms with E-state index >= 15 is 0 Å². The first kappa shape index (κ1) is 17.1. The fourth-order valence-electron chi connectivity index (χ4n) is 3.49. The third-order valence-corrected chi connectivity index (χ3v) is 5.49. The topological polar surface area (TPSA) is 85.3 Å². The summed E-state index contributed by atoms with van der Waals surface area (Å²) >= 11 is 1.54. The van der Waals surface area contributed by atoms with Crippen LogP contribution in [0.5, 0.6) is 5.75 Å². The maximum atomic E-state index is 12.7. The maximum Gasteiger partial charge on any atom is 0.342 e. The van der Waals surface area contributed by atoms with Crippen LogP contribution in [-0.4, -0.2) is 12.6 Å². The van der Waals surface area contributed by atoms with E-state index in [1.54, 1.807) is 6.92 Å². The largest absolute Gasteiger partial charge is 0.462 e. The van der Waals surface area contributed by atoms with Crippen molar-refractivity contribution in [2.45, 2.75) is 12.8 Å². The van der Waals surface area contributed by atoms with Gasteiger partial charge in [-0.1, -0.05) is 36.4 Å². The summed E-state index contributed by atoms with van der Waals surface area (Å²) in [4.78, 5) is 13.7. The minimum absolute atomic E-state index is 0.0219. The molecule has 0 saturated heterocycles. The normalized spacial score (nSPS) is 15.8. The van der Waals surface area contributed by atoms with Crippen LogP contribution in [0.25, 0.3) is 11.1 Å². The molecule has 2 heterocycles. The summed E-state index contributed by atoms with van der Waals surface area (Å²) < 4.78 is 11.1. The molecule has 0 spiro atoms. The third kappa shape index (κ3) is 2.64. The number of nitriles is 1. The lowest BCUT2D eigenvalue weighted by Gasteiger charge is -2.24. The number of carbonyl (C=O) groups is 1. The summed E-state index contributed by atoms with van der Waals surface area (Å²) in [7, 11) is 0. The molecule has 0 radical (unpaired) electrons. The molecule has 3 aliphatic rings. The lowest BCUT2D eigenvalue weighted by Crippen LogP contribution is -2.21. The highest BCUT2D eigenvalue weighted by atomic mass is 32.1. The van der Waals surface area contributed by atoms with Gasteiger partial charge >= 0.3 is 5.97 Å². The van der Waals surface area contributed by atoms with Gasteiger partial charge in [-0.25, -0.2) is 4.79 Å². The first-order valence-corrected chi connectivity index (χ1v) is 9.38. The summed E-state index contributed by atoms with van der Waals surface area (Å²) in [6.45, 7) is 2.01. The number of hydrogen-bond donors (Lipinski definition) is 1. The molecule has 1 unspecified atom stereocenters. The molecule has 134 valence electrons. The molecule has 0 aromatic carbocycles. The maximum absolute atomic E-state index is 12.7. The summed E-state index contributed by atoms with van der Waals surface area (Å²) in [6, 6.07) is 15.5. The average Bonchev–Trinajstić information content (AvgIpc) is 3.21. The Hall–Kier alpha value is -3.30. The molecule has 1 aromatic rings. The Bertz CT molecular complexity index is 1060. The van der Waals surface area contributed by atoms with Crippen LogP contribution in [0.3, 0.4) is 0 Å². The second-order valence-corrected chi connectivity index (χ2v) is 7.00. The highest BCUT2D eigenvalue weighted by molar-refractivity contribution is 7.10. The van der Waals surface area contributed by atoms with Gasteiger partial charge in [-0.2, -0.15) is 5.26 Å². The molecular formula is C21H16N2O3S. The van der Waals surface area contributed by atoms with E-state index in [4.69, 9.17) is 15.2 Å². The monoisotopic (exact) mass is 376 g/mol. The minimum Gasteiger partial charge on any atom is -0.462 e. The highest BCUT2D eigenvalue weighted by Gasteiger charge is 2.40. The van der Waals surface area contributed by atoms with Crippen LogP contribution in [0.4, 0.5) is 0 Å². The molecule has 0 fully saturated rings. The van der Waals surface area contributed by atoms with Gasteiger partial charge in [0.2, 0.25) is 5.88 Å². The van der Waals surface area contributed by atoms with Gasteiger partial charge in [0, 0.05) is 16.0 Å². The van der Waals surface area contributed by atoms with Crippen LogP contribution in [-0.2, 0) is 4.74 Å². The van der Waals surface area contributed by atoms with Crippen LogP contribution in [0, 0.1) is 11.3 Å². The lowest BCUT2D eigenvalue weighted by atomic mass is 9.87. The molecule has 6 heteroatoms. The van der Waals surface area contributed by atoms with Gasteiger partial charge in [0.15, 0.2) is 0 Å². The summed E-state index contributed by atoms with van der Waals surface area (Å²) in [5.41, 5.74) is 9.11. The molecule has 4 rings (SSSR count). The van der Waals surface area contributed by atoms with Gasteiger partial charge in [-0.15, -0.1) is 11.3 Å². The van der Waals surface area contributed by atoms with Crippen LogP contribution in [0.15, 0.2) is 59.3 Å². The molecular weight excluding hydrogens is 360 g/mol. The minimum atomic E-state index is -0.465. The Morgan fingerprint density at radius 2 is 2.04 bits per heavy atom.